The zero-order chi connectivity index (χ0) is 13.9. The van der Waals surface area contributed by atoms with Crippen molar-refractivity contribution in [3.8, 4) is 5.75 Å². The van der Waals surface area contributed by atoms with Gasteiger partial charge >= 0.3 is 0 Å². The molecule has 1 aliphatic rings. The second-order valence-electron chi connectivity index (χ2n) is 5.32. The van der Waals surface area contributed by atoms with E-state index in [1.165, 1.54) is 0 Å². The first-order valence-electron chi connectivity index (χ1n) is 7.19. The third-order valence-corrected chi connectivity index (χ3v) is 3.88. The summed E-state index contributed by atoms with van der Waals surface area (Å²) in [5, 5.41) is 11.5. The van der Waals surface area contributed by atoms with Gasteiger partial charge in [-0.3, -0.25) is 0 Å². The first kappa shape index (κ1) is 13.4. The molecule has 0 spiro atoms. The van der Waals surface area contributed by atoms with E-state index >= 15 is 0 Å². The van der Waals surface area contributed by atoms with E-state index in [0.29, 0.717) is 0 Å². The van der Waals surface area contributed by atoms with Gasteiger partial charge in [-0.15, -0.1) is 0 Å². The van der Waals surface area contributed by atoms with Crippen LogP contribution in [-0.4, -0.2) is 18.0 Å². The van der Waals surface area contributed by atoms with Crippen molar-refractivity contribution < 1.29 is 14.6 Å². The molecule has 1 fully saturated rings. The summed E-state index contributed by atoms with van der Waals surface area (Å²) in [6, 6.07) is 10.1. The summed E-state index contributed by atoms with van der Waals surface area (Å²) in [4.78, 5) is 0. The average Bonchev–Trinajstić information content (AvgIpc) is 2.51. The Morgan fingerprint density at radius 1 is 1.25 bits per heavy atom. The van der Waals surface area contributed by atoms with Gasteiger partial charge in [0.15, 0.2) is 6.29 Å². The summed E-state index contributed by atoms with van der Waals surface area (Å²) in [5.41, 5.74) is 2.06. The highest BCUT2D eigenvalue weighted by Crippen LogP contribution is 2.30. The molecule has 1 unspecified atom stereocenters. The highest BCUT2D eigenvalue weighted by Gasteiger charge is 2.16. The molecular formula is C17H20O3. The lowest BCUT2D eigenvalue weighted by atomic mass is 10.0. The maximum absolute atomic E-state index is 9.20. The molecule has 1 heterocycles. The van der Waals surface area contributed by atoms with Gasteiger partial charge in [0.1, 0.15) is 5.75 Å². The zero-order valence-electron chi connectivity index (χ0n) is 11.8. The van der Waals surface area contributed by atoms with E-state index in [9.17, 15) is 5.11 Å². The van der Waals surface area contributed by atoms with Crippen LogP contribution in [0.15, 0.2) is 30.3 Å². The maximum Gasteiger partial charge on any atom is 0.199 e. The fraction of sp³-hybridized carbons (Fsp3) is 0.412. The predicted molar refractivity (Wildman–Crippen MR) is 78.8 cm³/mol. The third-order valence-electron chi connectivity index (χ3n) is 3.88. The van der Waals surface area contributed by atoms with Crippen LogP contribution in [0.5, 0.6) is 5.75 Å². The quantitative estimate of drug-likeness (QED) is 0.928. The molecule has 20 heavy (non-hydrogen) atoms. The topological polar surface area (TPSA) is 38.7 Å². The number of benzene rings is 2. The summed E-state index contributed by atoms with van der Waals surface area (Å²) in [6.45, 7) is 2.93. The van der Waals surface area contributed by atoms with E-state index in [2.05, 4.69) is 6.92 Å². The first-order valence-corrected chi connectivity index (χ1v) is 7.19. The summed E-state index contributed by atoms with van der Waals surface area (Å²) in [5.74, 6) is 0.890. The van der Waals surface area contributed by atoms with Crippen molar-refractivity contribution in [2.45, 2.75) is 39.1 Å². The SMILES string of the molecule is Cc1c(OC2CCCCO2)ccc2cc(CO)ccc12. The van der Waals surface area contributed by atoms with Crippen molar-refractivity contribution in [3.05, 3.63) is 41.5 Å². The molecule has 0 bridgehead atoms. The van der Waals surface area contributed by atoms with Gasteiger partial charge in [-0.05, 0) is 53.8 Å². The number of aliphatic hydroxyl groups is 1. The standard InChI is InChI=1S/C17H20O3/c1-12-15-7-5-13(11-18)10-14(15)6-8-16(12)20-17-4-2-3-9-19-17/h5-8,10,17-18H,2-4,9,11H2,1H3. The monoisotopic (exact) mass is 272 g/mol. The average molecular weight is 272 g/mol. The Balaban J connectivity index is 1.90. The van der Waals surface area contributed by atoms with E-state index in [-0.39, 0.29) is 12.9 Å². The molecule has 3 heteroatoms. The smallest absolute Gasteiger partial charge is 0.199 e. The minimum atomic E-state index is -0.114. The van der Waals surface area contributed by atoms with E-state index in [4.69, 9.17) is 9.47 Å². The van der Waals surface area contributed by atoms with Crippen LogP contribution in [0.3, 0.4) is 0 Å². The second-order valence-corrected chi connectivity index (χ2v) is 5.32. The van der Waals surface area contributed by atoms with Crippen LogP contribution in [0.2, 0.25) is 0 Å². The van der Waals surface area contributed by atoms with Crippen molar-refractivity contribution in [1.82, 2.24) is 0 Å². The van der Waals surface area contributed by atoms with Gasteiger partial charge in [0.05, 0.1) is 13.2 Å². The molecule has 0 aromatic heterocycles. The van der Waals surface area contributed by atoms with Crippen molar-refractivity contribution >= 4 is 10.8 Å². The highest BCUT2D eigenvalue weighted by atomic mass is 16.7. The minimum Gasteiger partial charge on any atom is -0.465 e. The van der Waals surface area contributed by atoms with Crippen LogP contribution in [-0.2, 0) is 11.3 Å². The lowest BCUT2D eigenvalue weighted by molar-refractivity contribution is -0.106. The van der Waals surface area contributed by atoms with Gasteiger partial charge in [0.25, 0.3) is 0 Å². The van der Waals surface area contributed by atoms with E-state index in [0.717, 1.165) is 53.5 Å². The molecule has 0 aliphatic carbocycles. The van der Waals surface area contributed by atoms with Crippen LogP contribution in [0, 0.1) is 6.92 Å². The molecule has 1 N–H and O–H groups in total. The fourth-order valence-corrected chi connectivity index (χ4v) is 2.69. The fourth-order valence-electron chi connectivity index (χ4n) is 2.69. The molecule has 3 nitrogen and oxygen atoms in total. The van der Waals surface area contributed by atoms with Crippen molar-refractivity contribution in [2.24, 2.45) is 0 Å². The number of aryl methyl sites for hydroxylation is 1. The molecule has 106 valence electrons. The number of hydrogen-bond acceptors (Lipinski definition) is 3. The highest BCUT2D eigenvalue weighted by molar-refractivity contribution is 5.88. The lowest BCUT2D eigenvalue weighted by Gasteiger charge is -2.24. The van der Waals surface area contributed by atoms with E-state index in [1.54, 1.807) is 0 Å². The van der Waals surface area contributed by atoms with E-state index in [1.807, 2.05) is 30.3 Å². The Morgan fingerprint density at radius 2 is 2.15 bits per heavy atom. The second kappa shape index (κ2) is 5.81. The Labute approximate surface area is 119 Å². The largest absolute Gasteiger partial charge is 0.465 e. The molecule has 2 aromatic carbocycles. The van der Waals surface area contributed by atoms with Crippen LogP contribution in [0.25, 0.3) is 10.8 Å². The van der Waals surface area contributed by atoms with Gasteiger partial charge < -0.3 is 14.6 Å². The van der Waals surface area contributed by atoms with Gasteiger partial charge in [-0.2, -0.15) is 0 Å². The molecule has 0 radical (unpaired) electrons. The summed E-state index contributed by atoms with van der Waals surface area (Å²) in [6.07, 6.45) is 3.13. The molecule has 0 amide bonds. The van der Waals surface area contributed by atoms with Crippen LogP contribution in [0.4, 0.5) is 0 Å². The predicted octanol–water partition coefficient (Wildman–Crippen LogP) is 3.55. The molecule has 1 aliphatic heterocycles. The number of aliphatic hydroxyl groups excluding tert-OH is 1. The van der Waals surface area contributed by atoms with Gasteiger partial charge in [-0.1, -0.05) is 18.2 Å². The Morgan fingerprint density at radius 3 is 2.90 bits per heavy atom. The Kier molecular flexibility index (Phi) is 3.90. The number of fused-ring (bicyclic) bond motifs is 1. The summed E-state index contributed by atoms with van der Waals surface area (Å²) in [7, 11) is 0. The third kappa shape index (κ3) is 2.65. The van der Waals surface area contributed by atoms with Crippen molar-refractivity contribution in [1.29, 1.82) is 0 Å². The van der Waals surface area contributed by atoms with Gasteiger partial charge in [0.2, 0.25) is 0 Å². The molecule has 2 aromatic rings. The summed E-state index contributed by atoms with van der Waals surface area (Å²) >= 11 is 0. The van der Waals surface area contributed by atoms with Crippen molar-refractivity contribution in [2.75, 3.05) is 6.61 Å². The summed E-state index contributed by atoms with van der Waals surface area (Å²) < 4.78 is 11.6. The maximum atomic E-state index is 9.20. The first-order chi connectivity index (χ1) is 9.78. The van der Waals surface area contributed by atoms with Crippen LogP contribution in [0.1, 0.15) is 30.4 Å². The van der Waals surface area contributed by atoms with Gasteiger partial charge in [-0.25, -0.2) is 0 Å². The number of rotatable bonds is 3. The Hall–Kier alpha value is -1.58. The minimum absolute atomic E-state index is 0.0726. The van der Waals surface area contributed by atoms with E-state index < -0.39 is 0 Å². The molecule has 1 atom stereocenters. The van der Waals surface area contributed by atoms with Crippen LogP contribution >= 0.6 is 0 Å². The number of hydrogen-bond donors (Lipinski definition) is 1. The molecular weight excluding hydrogens is 252 g/mol. The molecule has 3 rings (SSSR count). The van der Waals surface area contributed by atoms with Gasteiger partial charge in [0, 0.05) is 6.42 Å². The van der Waals surface area contributed by atoms with Crippen LogP contribution < -0.4 is 4.74 Å². The molecule has 1 saturated heterocycles. The lowest BCUT2D eigenvalue weighted by Crippen LogP contribution is -2.25. The molecule has 0 saturated carbocycles. The zero-order valence-corrected chi connectivity index (χ0v) is 11.8. The van der Waals surface area contributed by atoms with Crippen molar-refractivity contribution in [3.63, 3.8) is 0 Å². The number of ether oxygens (including phenoxy) is 2. The normalized spacial score (nSPS) is 19.2. The Bertz CT molecular complexity index is 600.